The summed E-state index contributed by atoms with van der Waals surface area (Å²) in [7, 11) is 0. The van der Waals surface area contributed by atoms with Crippen molar-refractivity contribution in [3.05, 3.63) is 107 Å². The Bertz CT molecular complexity index is 1090. The lowest BCUT2D eigenvalue weighted by molar-refractivity contribution is -0.126. The molecular weight excluding hydrogens is 431 g/mol. The molecule has 3 aromatic rings. The summed E-state index contributed by atoms with van der Waals surface area (Å²) in [6.45, 7) is 2.56. The van der Waals surface area contributed by atoms with E-state index in [-0.39, 0.29) is 23.5 Å². The number of hydrogen-bond acceptors (Lipinski definition) is 3. The molecule has 5 nitrogen and oxygen atoms in total. The predicted octanol–water partition coefficient (Wildman–Crippen LogP) is 4.71. The van der Waals surface area contributed by atoms with Gasteiger partial charge in [0.1, 0.15) is 5.82 Å². The molecular formula is C28H29FN2O3. The van der Waals surface area contributed by atoms with Gasteiger partial charge in [0, 0.05) is 31.1 Å². The Kier molecular flexibility index (Phi) is 8.04. The maximum atomic E-state index is 13.1. The molecule has 0 unspecified atom stereocenters. The van der Waals surface area contributed by atoms with Crippen molar-refractivity contribution in [2.45, 2.75) is 32.6 Å². The predicted molar refractivity (Wildman–Crippen MR) is 128 cm³/mol. The van der Waals surface area contributed by atoms with Gasteiger partial charge in [-0.15, -0.1) is 0 Å². The van der Waals surface area contributed by atoms with E-state index in [2.05, 4.69) is 11.4 Å². The largest absolute Gasteiger partial charge is 0.372 e. The van der Waals surface area contributed by atoms with Crippen LogP contribution < -0.4 is 5.32 Å². The normalized spacial score (nSPS) is 14.1. The highest BCUT2D eigenvalue weighted by molar-refractivity contribution is 5.94. The summed E-state index contributed by atoms with van der Waals surface area (Å²) in [4.78, 5) is 27.0. The number of nitrogens with zero attached hydrogens (tertiary/aromatic N) is 1. The van der Waals surface area contributed by atoms with E-state index in [9.17, 15) is 14.0 Å². The third kappa shape index (κ3) is 6.51. The number of likely N-dealkylation sites (tertiary alicyclic amines) is 1. The van der Waals surface area contributed by atoms with Crippen LogP contribution >= 0.6 is 0 Å². The number of benzene rings is 3. The molecule has 0 saturated carbocycles. The molecule has 1 heterocycles. The molecule has 4 rings (SSSR count). The van der Waals surface area contributed by atoms with E-state index in [0.29, 0.717) is 51.3 Å². The fraction of sp³-hybridized carbons (Fsp3) is 0.286. The number of carbonyl (C=O) groups is 2. The van der Waals surface area contributed by atoms with Crippen molar-refractivity contribution in [3.8, 4) is 0 Å². The zero-order valence-electron chi connectivity index (χ0n) is 19.1. The van der Waals surface area contributed by atoms with Crippen LogP contribution in [0.2, 0.25) is 0 Å². The maximum Gasteiger partial charge on any atom is 0.253 e. The molecule has 176 valence electrons. The van der Waals surface area contributed by atoms with Crippen LogP contribution in [0, 0.1) is 11.7 Å². The summed E-state index contributed by atoms with van der Waals surface area (Å²) in [5.41, 5.74) is 3.70. The molecule has 1 aliphatic heterocycles. The molecule has 0 aromatic heterocycles. The van der Waals surface area contributed by atoms with E-state index in [0.717, 1.165) is 16.7 Å². The quantitative estimate of drug-likeness (QED) is 0.530. The second kappa shape index (κ2) is 11.6. The van der Waals surface area contributed by atoms with Crippen LogP contribution in [0.15, 0.2) is 78.9 Å². The zero-order valence-corrected chi connectivity index (χ0v) is 19.1. The Hall–Kier alpha value is -3.51. The molecule has 0 spiro atoms. The van der Waals surface area contributed by atoms with Crippen LogP contribution in [-0.4, -0.2) is 29.8 Å². The summed E-state index contributed by atoms with van der Waals surface area (Å²) in [6.07, 6.45) is 1.23. The zero-order chi connectivity index (χ0) is 23.8. The third-order valence-electron chi connectivity index (χ3n) is 6.08. The van der Waals surface area contributed by atoms with Crippen LogP contribution in [-0.2, 0) is 29.3 Å². The summed E-state index contributed by atoms with van der Waals surface area (Å²) < 4.78 is 18.9. The molecule has 0 atom stereocenters. The lowest BCUT2D eigenvalue weighted by Crippen LogP contribution is -2.42. The van der Waals surface area contributed by atoms with Crippen molar-refractivity contribution in [2.75, 3.05) is 13.1 Å². The smallest absolute Gasteiger partial charge is 0.253 e. The van der Waals surface area contributed by atoms with E-state index in [1.54, 1.807) is 4.90 Å². The Labute approximate surface area is 199 Å². The minimum Gasteiger partial charge on any atom is -0.372 e. The van der Waals surface area contributed by atoms with Gasteiger partial charge < -0.3 is 15.0 Å². The molecule has 2 amide bonds. The van der Waals surface area contributed by atoms with Crippen molar-refractivity contribution in [1.82, 2.24) is 10.2 Å². The van der Waals surface area contributed by atoms with Gasteiger partial charge in [0.05, 0.1) is 13.2 Å². The van der Waals surface area contributed by atoms with Gasteiger partial charge in [-0.25, -0.2) is 4.39 Å². The topological polar surface area (TPSA) is 58.6 Å². The fourth-order valence-corrected chi connectivity index (χ4v) is 4.14. The molecule has 0 bridgehead atoms. The molecule has 1 fully saturated rings. The minimum absolute atomic E-state index is 0.0135. The standard InChI is InChI=1S/C28H29FN2O3/c29-26-11-9-25(10-12-26)28(33)31-15-13-24(14-16-31)27(32)30-18-22-7-4-8-23(17-22)20-34-19-21-5-2-1-3-6-21/h1-12,17,24H,13-16,18-20H2,(H,30,32). The van der Waals surface area contributed by atoms with E-state index < -0.39 is 0 Å². The Morgan fingerprint density at radius 2 is 1.50 bits per heavy atom. The van der Waals surface area contributed by atoms with Gasteiger partial charge in [-0.3, -0.25) is 9.59 Å². The molecule has 0 radical (unpaired) electrons. The van der Waals surface area contributed by atoms with Crippen molar-refractivity contribution in [1.29, 1.82) is 0 Å². The maximum absolute atomic E-state index is 13.1. The van der Waals surface area contributed by atoms with Crippen LogP contribution in [0.1, 0.15) is 39.9 Å². The van der Waals surface area contributed by atoms with Crippen molar-refractivity contribution in [2.24, 2.45) is 5.92 Å². The molecule has 0 aliphatic carbocycles. The first kappa shape index (κ1) is 23.6. The van der Waals surface area contributed by atoms with Crippen LogP contribution in [0.3, 0.4) is 0 Å². The average Bonchev–Trinajstić information content (AvgIpc) is 2.88. The van der Waals surface area contributed by atoms with Crippen molar-refractivity contribution >= 4 is 11.8 Å². The lowest BCUT2D eigenvalue weighted by atomic mass is 9.95. The highest BCUT2D eigenvalue weighted by atomic mass is 19.1. The first-order valence-electron chi connectivity index (χ1n) is 11.6. The minimum atomic E-state index is -0.364. The number of rotatable bonds is 8. The van der Waals surface area contributed by atoms with E-state index in [4.69, 9.17) is 4.74 Å². The highest BCUT2D eigenvalue weighted by Crippen LogP contribution is 2.20. The van der Waals surface area contributed by atoms with Gasteiger partial charge in [0.15, 0.2) is 0 Å². The summed E-state index contributed by atoms with van der Waals surface area (Å²) in [6, 6.07) is 23.7. The number of hydrogen-bond donors (Lipinski definition) is 1. The van der Waals surface area contributed by atoms with Gasteiger partial charge in [-0.2, -0.15) is 0 Å². The highest BCUT2D eigenvalue weighted by Gasteiger charge is 2.27. The van der Waals surface area contributed by atoms with Crippen LogP contribution in [0.4, 0.5) is 4.39 Å². The number of amides is 2. The van der Waals surface area contributed by atoms with E-state index in [1.165, 1.54) is 24.3 Å². The number of carbonyl (C=O) groups excluding carboxylic acids is 2. The Morgan fingerprint density at radius 3 is 2.24 bits per heavy atom. The molecule has 6 heteroatoms. The van der Waals surface area contributed by atoms with Gasteiger partial charge in [-0.05, 0) is 53.8 Å². The number of nitrogens with one attached hydrogen (secondary N) is 1. The lowest BCUT2D eigenvalue weighted by Gasteiger charge is -2.31. The fourth-order valence-electron chi connectivity index (χ4n) is 4.14. The summed E-state index contributed by atoms with van der Waals surface area (Å²) in [5.74, 6) is -0.586. The first-order chi connectivity index (χ1) is 16.6. The second-order valence-electron chi connectivity index (χ2n) is 8.59. The van der Waals surface area contributed by atoms with E-state index >= 15 is 0 Å². The van der Waals surface area contributed by atoms with Gasteiger partial charge in [0.2, 0.25) is 5.91 Å². The van der Waals surface area contributed by atoms with Gasteiger partial charge >= 0.3 is 0 Å². The third-order valence-corrected chi connectivity index (χ3v) is 6.08. The molecule has 1 saturated heterocycles. The SMILES string of the molecule is O=C(NCc1cccc(COCc2ccccc2)c1)C1CCN(C(=O)c2ccc(F)cc2)CC1. The van der Waals surface area contributed by atoms with Crippen molar-refractivity contribution in [3.63, 3.8) is 0 Å². The average molecular weight is 461 g/mol. The Morgan fingerprint density at radius 1 is 0.853 bits per heavy atom. The molecule has 34 heavy (non-hydrogen) atoms. The second-order valence-corrected chi connectivity index (χ2v) is 8.59. The van der Waals surface area contributed by atoms with Gasteiger partial charge in [-0.1, -0.05) is 54.6 Å². The first-order valence-corrected chi connectivity index (χ1v) is 11.6. The molecule has 1 N–H and O–H groups in total. The monoisotopic (exact) mass is 460 g/mol. The van der Waals surface area contributed by atoms with Crippen molar-refractivity contribution < 1.29 is 18.7 Å². The van der Waals surface area contributed by atoms with Crippen LogP contribution in [0.5, 0.6) is 0 Å². The molecule has 1 aliphatic rings. The summed E-state index contributed by atoms with van der Waals surface area (Å²) in [5, 5.41) is 3.03. The summed E-state index contributed by atoms with van der Waals surface area (Å²) >= 11 is 0. The van der Waals surface area contributed by atoms with Gasteiger partial charge in [0.25, 0.3) is 5.91 Å². The Balaban J connectivity index is 1.21. The number of ether oxygens (including phenoxy) is 1. The van der Waals surface area contributed by atoms with Crippen LogP contribution in [0.25, 0.3) is 0 Å². The number of piperidine rings is 1. The number of halogens is 1. The van der Waals surface area contributed by atoms with E-state index in [1.807, 2.05) is 48.5 Å². The molecule has 3 aromatic carbocycles.